The standard InChI is InChI=1S/C17H28N4O/c22-17(18-9-4-12-21-13-5-10-19-21)14-20-11-3-7-15-6-1-2-8-16(15)20/h5,10,13,15-16H,1-4,6-9,11-12,14H2,(H,18,22). The van der Waals surface area contributed by atoms with Crippen LogP contribution in [0, 0.1) is 5.92 Å². The van der Waals surface area contributed by atoms with Crippen molar-refractivity contribution in [2.75, 3.05) is 19.6 Å². The van der Waals surface area contributed by atoms with Gasteiger partial charge in [-0.15, -0.1) is 0 Å². The first-order valence-electron chi connectivity index (χ1n) is 8.81. The molecule has 0 spiro atoms. The minimum absolute atomic E-state index is 0.187. The summed E-state index contributed by atoms with van der Waals surface area (Å²) in [5.41, 5.74) is 0. The predicted molar refractivity (Wildman–Crippen MR) is 86.4 cm³/mol. The molecule has 1 aromatic heterocycles. The van der Waals surface area contributed by atoms with Gasteiger partial charge in [0.05, 0.1) is 6.54 Å². The van der Waals surface area contributed by atoms with Gasteiger partial charge in [0, 0.05) is 31.5 Å². The smallest absolute Gasteiger partial charge is 0.234 e. The van der Waals surface area contributed by atoms with Gasteiger partial charge in [-0.1, -0.05) is 12.8 Å². The number of aromatic nitrogens is 2. The fourth-order valence-electron chi connectivity index (χ4n) is 4.07. The van der Waals surface area contributed by atoms with Crippen LogP contribution in [0.1, 0.15) is 44.9 Å². The molecule has 22 heavy (non-hydrogen) atoms. The van der Waals surface area contributed by atoms with E-state index in [1.807, 2.05) is 16.9 Å². The average Bonchev–Trinajstić information content (AvgIpc) is 3.05. The van der Waals surface area contributed by atoms with Crippen LogP contribution in [0.3, 0.4) is 0 Å². The number of likely N-dealkylation sites (tertiary alicyclic amines) is 1. The third-order valence-corrected chi connectivity index (χ3v) is 5.15. The van der Waals surface area contributed by atoms with Gasteiger partial charge in [-0.2, -0.15) is 5.10 Å². The average molecular weight is 304 g/mol. The van der Waals surface area contributed by atoms with Gasteiger partial charge in [0.2, 0.25) is 5.91 Å². The maximum atomic E-state index is 12.2. The molecule has 0 radical (unpaired) electrons. The van der Waals surface area contributed by atoms with E-state index in [0.717, 1.165) is 32.0 Å². The maximum absolute atomic E-state index is 12.2. The molecule has 5 nitrogen and oxygen atoms in total. The molecule has 1 saturated heterocycles. The lowest BCUT2D eigenvalue weighted by molar-refractivity contribution is -0.123. The lowest BCUT2D eigenvalue weighted by Crippen LogP contribution is -2.50. The molecule has 3 rings (SSSR count). The van der Waals surface area contributed by atoms with Crippen LogP contribution < -0.4 is 5.32 Å². The lowest BCUT2D eigenvalue weighted by atomic mass is 9.78. The minimum Gasteiger partial charge on any atom is -0.355 e. The predicted octanol–water partition coefficient (Wildman–Crippen LogP) is 2.04. The fraction of sp³-hybridized carbons (Fsp3) is 0.765. The van der Waals surface area contributed by atoms with Crippen LogP contribution in [0.2, 0.25) is 0 Å². The molecule has 1 saturated carbocycles. The molecule has 1 N–H and O–H groups in total. The number of aryl methyl sites for hydroxylation is 1. The van der Waals surface area contributed by atoms with Crippen LogP contribution in [-0.2, 0) is 11.3 Å². The van der Waals surface area contributed by atoms with Crippen LogP contribution in [0.4, 0.5) is 0 Å². The van der Waals surface area contributed by atoms with Gasteiger partial charge in [0.15, 0.2) is 0 Å². The van der Waals surface area contributed by atoms with Crippen molar-refractivity contribution in [3.63, 3.8) is 0 Å². The SMILES string of the molecule is O=C(CN1CCCC2CCCCC21)NCCCn1cccn1. The van der Waals surface area contributed by atoms with E-state index in [9.17, 15) is 4.79 Å². The monoisotopic (exact) mass is 304 g/mol. The van der Waals surface area contributed by atoms with E-state index in [2.05, 4.69) is 15.3 Å². The number of amides is 1. The molecular weight excluding hydrogens is 276 g/mol. The number of nitrogens with one attached hydrogen (secondary N) is 1. The number of nitrogens with zero attached hydrogens (tertiary/aromatic N) is 3. The molecule has 1 aromatic rings. The zero-order valence-corrected chi connectivity index (χ0v) is 13.4. The Kier molecular flexibility index (Phi) is 5.48. The number of rotatable bonds is 6. The first-order valence-corrected chi connectivity index (χ1v) is 8.81. The van der Waals surface area contributed by atoms with Gasteiger partial charge in [-0.25, -0.2) is 0 Å². The lowest BCUT2D eigenvalue weighted by Gasteiger charge is -2.43. The highest BCUT2D eigenvalue weighted by atomic mass is 16.2. The Morgan fingerprint density at radius 3 is 2.95 bits per heavy atom. The molecule has 2 fully saturated rings. The highest BCUT2D eigenvalue weighted by molar-refractivity contribution is 5.78. The summed E-state index contributed by atoms with van der Waals surface area (Å²) in [6, 6.07) is 2.59. The van der Waals surface area contributed by atoms with Crippen LogP contribution in [0.5, 0.6) is 0 Å². The first kappa shape index (κ1) is 15.5. The number of piperidine rings is 1. The van der Waals surface area contributed by atoms with Crippen LogP contribution in [0.25, 0.3) is 0 Å². The number of hydrogen-bond donors (Lipinski definition) is 1. The Labute approximate surface area is 133 Å². The molecule has 0 bridgehead atoms. The van der Waals surface area contributed by atoms with E-state index in [1.165, 1.54) is 38.5 Å². The van der Waals surface area contributed by atoms with Crippen molar-refractivity contribution in [3.05, 3.63) is 18.5 Å². The molecular formula is C17H28N4O. The molecule has 2 heterocycles. The van der Waals surface area contributed by atoms with Gasteiger partial charge in [0.1, 0.15) is 0 Å². The summed E-state index contributed by atoms with van der Waals surface area (Å²) in [6.07, 6.45) is 12.7. The Morgan fingerprint density at radius 1 is 1.23 bits per heavy atom. The minimum atomic E-state index is 0.187. The summed E-state index contributed by atoms with van der Waals surface area (Å²) < 4.78 is 1.91. The summed E-state index contributed by atoms with van der Waals surface area (Å²) >= 11 is 0. The third-order valence-electron chi connectivity index (χ3n) is 5.15. The highest BCUT2D eigenvalue weighted by Gasteiger charge is 2.33. The van der Waals surface area contributed by atoms with E-state index in [4.69, 9.17) is 0 Å². The second-order valence-corrected chi connectivity index (χ2v) is 6.70. The van der Waals surface area contributed by atoms with Crippen LogP contribution in [0.15, 0.2) is 18.5 Å². The van der Waals surface area contributed by atoms with E-state index >= 15 is 0 Å². The van der Waals surface area contributed by atoms with Crippen molar-refractivity contribution in [2.24, 2.45) is 5.92 Å². The van der Waals surface area contributed by atoms with Gasteiger partial charge >= 0.3 is 0 Å². The van der Waals surface area contributed by atoms with Gasteiger partial charge in [-0.3, -0.25) is 14.4 Å². The van der Waals surface area contributed by atoms with E-state index in [0.29, 0.717) is 12.6 Å². The van der Waals surface area contributed by atoms with Gasteiger partial charge in [0.25, 0.3) is 0 Å². The molecule has 1 amide bonds. The quantitative estimate of drug-likeness (QED) is 0.818. The van der Waals surface area contributed by atoms with Crippen molar-refractivity contribution in [1.82, 2.24) is 20.0 Å². The van der Waals surface area contributed by atoms with Crippen molar-refractivity contribution in [1.29, 1.82) is 0 Å². The Balaban J connectivity index is 1.37. The van der Waals surface area contributed by atoms with Crippen molar-refractivity contribution >= 4 is 5.91 Å². The summed E-state index contributed by atoms with van der Waals surface area (Å²) in [5.74, 6) is 1.03. The summed E-state index contributed by atoms with van der Waals surface area (Å²) in [7, 11) is 0. The summed E-state index contributed by atoms with van der Waals surface area (Å²) in [4.78, 5) is 14.6. The summed E-state index contributed by atoms with van der Waals surface area (Å²) in [6.45, 7) is 3.28. The first-order chi connectivity index (χ1) is 10.8. The second-order valence-electron chi connectivity index (χ2n) is 6.70. The molecule has 1 aliphatic carbocycles. The second kappa shape index (κ2) is 7.77. The van der Waals surface area contributed by atoms with Crippen molar-refractivity contribution in [2.45, 2.75) is 57.5 Å². The van der Waals surface area contributed by atoms with Gasteiger partial charge in [-0.05, 0) is 50.6 Å². The largest absolute Gasteiger partial charge is 0.355 e. The number of carbonyl (C=O) groups excluding carboxylic acids is 1. The molecule has 2 atom stereocenters. The fourth-order valence-corrected chi connectivity index (χ4v) is 4.07. The van der Waals surface area contributed by atoms with Crippen molar-refractivity contribution in [3.8, 4) is 0 Å². The third kappa shape index (κ3) is 4.09. The summed E-state index contributed by atoms with van der Waals surface area (Å²) in [5, 5.41) is 7.23. The van der Waals surface area contributed by atoms with E-state index in [-0.39, 0.29) is 5.91 Å². The number of fused-ring (bicyclic) bond motifs is 1. The van der Waals surface area contributed by atoms with Crippen LogP contribution in [-0.4, -0.2) is 46.3 Å². The topological polar surface area (TPSA) is 50.2 Å². The molecule has 0 aromatic carbocycles. The molecule has 2 unspecified atom stereocenters. The molecule has 5 heteroatoms. The number of carbonyl (C=O) groups is 1. The maximum Gasteiger partial charge on any atom is 0.234 e. The molecule has 2 aliphatic rings. The van der Waals surface area contributed by atoms with E-state index in [1.54, 1.807) is 6.20 Å². The molecule has 1 aliphatic heterocycles. The Bertz CT molecular complexity index is 457. The Morgan fingerprint density at radius 2 is 2.09 bits per heavy atom. The molecule has 122 valence electrons. The van der Waals surface area contributed by atoms with Crippen molar-refractivity contribution < 1.29 is 4.79 Å². The number of hydrogen-bond acceptors (Lipinski definition) is 3. The zero-order valence-electron chi connectivity index (χ0n) is 13.4. The van der Waals surface area contributed by atoms with Gasteiger partial charge < -0.3 is 5.32 Å². The normalized spacial score (nSPS) is 25.6. The highest BCUT2D eigenvalue weighted by Crippen LogP contribution is 2.34. The van der Waals surface area contributed by atoms with E-state index < -0.39 is 0 Å². The zero-order chi connectivity index (χ0) is 15.2. The Hall–Kier alpha value is -1.36. The van der Waals surface area contributed by atoms with Crippen LogP contribution >= 0.6 is 0 Å².